The molecule has 0 aliphatic heterocycles. The van der Waals surface area contributed by atoms with Crippen LogP contribution < -0.4 is 5.32 Å². The first-order valence-corrected chi connectivity index (χ1v) is 18.4. The SMILES string of the molecule is CCCCC/C=C\C=C/CCCCCCC(O)CC(=O)NC(COP(=O)(O)OC1C(O)C(O)C(O)C(O)C1O)C(O)CCCCC. The van der Waals surface area contributed by atoms with Crippen molar-refractivity contribution >= 4 is 13.7 Å². The lowest BCUT2D eigenvalue weighted by molar-refractivity contribution is -0.220. The molecule has 0 aromatic rings. The van der Waals surface area contributed by atoms with Gasteiger partial charge in [0.1, 0.15) is 36.6 Å². The van der Waals surface area contributed by atoms with Gasteiger partial charge in [0.05, 0.1) is 31.3 Å². The Bertz CT molecular complexity index is 906. The highest BCUT2D eigenvalue weighted by atomic mass is 31.2. The number of nitrogens with one attached hydrogen (secondary N) is 1. The Kier molecular flexibility index (Phi) is 22.3. The minimum absolute atomic E-state index is 0.239. The Morgan fingerprint density at radius 3 is 1.85 bits per heavy atom. The molecular formula is C32H60NO12P. The van der Waals surface area contributed by atoms with Gasteiger partial charge >= 0.3 is 7.82 Å². The van der Waals surface area contributed by atoms with E-state index >= 15 is 0 Å². The summed E-state index contributed by atoms with van der Waals surface area (Å²) in [6.45, 7) is 3.47. The summed E-state index contributed by atoms with van der Waals surface area (Å²) < 4.78 is 22.4. The second kappa shape index (κ2) is 24.0. The lowest BCUT2D eigenvalue weighted by Crippen LogP contribution is -2.64. The highest BCUT2D eigenvalue weighted by Crippen LogP contribution is 2.47. The number of rotatable bonds is 25. The summed E-state index contributed by atoms with van der Waals surface area (Å²) in [6.07, 6.45) is 6.72. The van der Waals surface area contributed by atoms with Crippen LogP contribution in [0.15, 0.2) is 24.3 Å². The number of carbonyl (C=O) groups excluding carboxylic acids is 1. The molecular weight excluding hydrogens is 621 g/mol. The molecule has 0 aromatic heterocycles. The van der Waals surface area contributed by atoms with Crippen LogP contribution in [-0.4, -0.2) is 108 Å². The Morgan fingerprint density at radius 2 is 1.26 bits per heavy atom. The molecule has 1 fully saturated rings. The van der Waals surface area contributed by atoms with Crippen LogP contribution in [0.4, 0.5) is 0 Å². The average Bonchev–Trinajstić information content (AvgIpc) is 3.01. The van der Waals surface area contributed by atoms with Gasteiger partial charge < -0.3 is 46.0 Å². The van der Waals surface area contributed by atoms with Gasteiger partial charge in [-0.15, -0.1) is 0 Å². The van der Waals surface area contributed by atoms with Crippen LogP contribution in [0.3, 0.4) is 0 Å². The quantitative estimate of drug-likeness (QED) is 0.0385. The number of phosphoric ester groups is 1. The molecule has 1 aliphatic carbocycles. The molecule has 9 N–H and O–H groups in total. The van der Waals surface area contributed by atoms with Crippen molar-refractivity contribution in [1.82, 2.24) is 5.32 Å². The predicted molar refractivity (Wildman–Crippen MR) is 174 cm³/mol. The van der Waals surface area contributed by atoms with Gasteiger partial charge in [0.25, 0.3) is 0 Å². The van der Waals surface area contributed by atoms with Crippen molar-refractivity contribution in [2.24, 2.45) is 0 Å². The maximum atomic E-state index is 12.7. The molecule has 8 atom stereocenters. The van der Waals surface area contributed by atoms with E-state index in [0.717, 1.165) is 51.4 Å². The molecule has 1 rings (SSSR count). The first kappa shape index (κ1) is 42.8. The zero-order chi connectivity index (χ0) is 34.5. The molecule has 14 heteroatoms. The molecule has 1 amide bonds. The molecule has 0 spiro atoms. The lowest BCUT2D eigenvalue weighted by Gasteiger charge is -2.41. The summed E-state index contributed by atoms with van der Waals surface area (Å²) in [7, 11) is -5.09. The first-order chi connectivity index (χ1) is 21.8. The third-order valence-corrected chi connectivity index (χ3v) is 9.08. The van der Waals surface area contributed by atoms with Crippen LogP contribution in [0, 0.1) is 0 Å². The van der Waals surface area contributed by atoms with Gasteiger partial charge in [-0.2, -0.15) is 0 Å². The summed E-state index contributed by atoms with van der Waals surface area (Å²) in [6, 6.07) is -1.15. The second-order valence-electron chi connectivity index (χ2n) is 12.2. The number of carbonyl (C=O) groups is 1. The van der Waals surface area contributed by atoms with Crippen molar-refractivity contribution in [1.29, 1.82) is 0 Å². The zero-order valence-corrected chi connectivity index (χ0v) is 28.4. The van der Waals surface area contributed by atoms with Crippen LogP contribution in [0.5, 0.6) is 0 Å². The van der Waals surface area contributed by atoms with Gasteiger partial charge in [-0.1, -0.05) is 89.5 Å². The van der Waals surface area contributed by atoms with Gasteiger partial charge in [-0.3, -0.25) is 13.8 Å². The number of hydrogen-bond acceptors (Lipinski definition) is 11. The fourth-order valence-corrected chi connectivity index (χ4v) is 6.14. The predicted octanol–water partition coefficient (Wildman–Crippen LogP) is 2.52. The zero-order valence-electron chi connectivity index (χ0n) is 27.5. The van der Waals surface area contributed by atoms with Crippen LogP contribution in [-0.2, 0) is 18.4 Å². The molecule has 1 saturated carbocycles. The maximum absolute atomic E-state index is 12.7. The molecule has 0 radical (unpaired) electrons. The lowest BCUT2D eigenvalue weighted by atomic mass is 9.85. The summed E-state index contributed by atoms with van der Waals surface area (Å²) >= 11 is 0. The van der Waals surface area contributed by atoms with E-state index in [1.165, 1.54) is 19.3 Å². The van der Waals surface area contributed by atoms with Crippen LogP contribution in [0.25, 0.3) is 0 Å². The highest BCUT2D eigenvalue weighted by molar-refractivity contribution is 7.47. The summed E-state index contributed by atoms with van der Waals surface area (Å²) in [5.74, 6) is -0.587. The summed E-state index contributed by atoms with van der Waals surface area (Å²) in [4.78, 5) is 22.9. The van der Waals surface area contributed by atoms with E-state index in [1.54, 1.807) is 0 Å². The van der Waals surface area contributed by atoms with Crippen LogP contribution in [0.2, 0.25) is 0 Å². The van der Waals surface area contributed by atoms with Crippen molar-refractivity contribution in [2.45, 2.75) is 165 Å². The molecule has 46 heavy (non-hydrogen) atoms. The topological polar surface area (TPSA) is 226 Å². The number of unbranched alkanes of at least 4 members (excludes halogenated alkanes) is 9. The smallest absolute Gasteiger partial charge is 0.393 e. The minimum Gasteiger partial charge on any atom is -0.393 e. The van der Waals surface area contributed by atoms with Crippen molar-refractivity contribution in [2.75, 3.05) is 6.61 Å². The van der Waals surface area contributed by atoms with E-state index < -0.39 is 75.2 Å². The van der Waals surface area contributed by atoms with Gasteiger partial charge in [0, 0.05) is 0 Å². The van der Waals surface area contributed by atoms with Crippen molar-refractivity contribution in [3.8, 4) is 0 Å². The molecule has 1 aliphatic rings. The number of hydrogen-bond donors (Lipinski definition) is 9. The standard InChI is InChI=1S/C32H60NO12P/c1-3-5-7-8-9-10-11-12-13-14-15-16-18-19-23(34)21-26(36)33-24(25(35)20-17-6-4-2)22-44-46(42,43)45-32-30(40)28(38)27(37)29(39)31(32)41/h9-12,23-25,27-32,34-35,37-41H,3-8,13-22H2,1-2H3,(H,33,36)(H,42,43)/b10-9-,12-11-. The van der Waals surface area contributed by atoms with E-state index in [2.05, 4.69) is 36.5 Å². The third kappa shape index (κ3) is 17.3. The molecule has 0 bridgehead atoms. The number of aliphatic hydroxyl groups is 7. The average molecular weight is 682 g/mol. The van der Waals surface area contributed by atoms with Gasteiger partial charge in [0.2, 0.25) is 5.91 Å². The minimum atomic E-state index is -5.09. The summed E-state index contributed by atoms with van der Waals surface area (Å²) in [5.41, 5.74) is 0. The molecule has 8 unspecified atom stereocenters. The molecule has 0 saturated heterocycles. The number of phosphoric acid groups is 1. The van der Waals surface area contributed by atoms with E-state index in [9.17, 15) is 50.0 Å². The number of aliphatic hydroxyl groups excluding tert-OH is 7. The van der Waals surface area contributed by atoms with Crippen molar-refractivity contribution < 1.29 is 59.0 Å². The van der Waals surface area contributed by atoms with Gasteiger partial charge in [-0.05, 0) is 38.5 Å². The molecule has 13 nitrogen and oxygen atoms in total. The van der Waals surface area contributed by atoms with E-state index in [1.807, 2.05) is 6.92 Å². The number of amides is 1. The fourth-order valence-electron chi connectivity index (χ4n) is 5.17. The number of allylic oxidation sites excluding steroid dienone is 4. The molecule has 270 valence electrons. The largest absolute Gasteiger partial charge is 0.472 e. The Balaban J connectivity index is 2.54. The van der Waals surface area contributed by atoms with Gasteiger partial charge in [-0.25, -0.2) is 4.57 Å². The molecule has 0 aromatic carbocycles. The van der Waals surface area contributed by atoms with E-state index in [0.29, 0.717) is 12.8 Å². The van der Waals surface area contributed by atoms with Gasteiger partial charge in [0.15, 0.2) is 0 Å². The van der Waals surface area contributed by atoms with Crippen molar-refractivity contribution in [3.63, 3.8) is 0 Å². The fraction of sp³-hybridized carbons (Fsp3) is 0.844. The highest BCUT2D eigenvalue weighted by Gasteiger charge is 2.51. The van der Waals surface area contributed by atoms with E-state index in [-0.39, 0.29) is 12.8 Å². The summed E-state index contributed by atoms with van der Waals surface area (Å²) in [5, 5.41) is 73.2. The Morgan fingerprint density at radius 1 is 0.761 bits per heavy atom. The van der Waals surface area contributed by atoms with Crippen LogP contribution in [0.1, 0.15) is 110 Å². The van der Waals surface area contributed by atoms with Crippen molar-refractivity contribution in [3.05, 3.63) is 24.3 Å². The monoisotopic (exact) mass is 681 g/mol. The Hall–Kier alpha value is -1.22. The van der Waals surface area contributed by atoms with E-state index in [4.69, 9.17) is 9.05 Å². The Labute approximate surface area is 274 Å². The third-order valence-electron chi connectivity index (χ3n) is 8.10. The maximum Gasteiger partial charge on any atom is 0.472 e. The first-order valence-electron chi connectivity index (χ1n) is 16.9. The van der Waals surface area contributed by atoms with Crippen LogP contribution >= 0.6 is 7.82 Å². The normalized spacial score (nSPS) is 27.1. The second-order valence-corrected chi connectivity index (χ2v) is 13.6. The molecule has 0 heterocycles.